The van der Waals surface area contributed by atoms with Crippen molar-refractivity contribution in [3.8, 4) is 5.75 Å². The third-order valence-electron chi connectivity index (χ3n) is 3.74. The van der Waals surface area contributed by atoms with Gasteiger partial charge < -0.3 is 20.7 Å². The van der Waals surface area contributed by atoms with Gasteiger partial charge in [-0.1, -0.05) is 12.1 Å². The molecule has 1 fully saturated rings. The van der Waals surface area contributed by atoms with Crippen LogP contribution in [0.1, 0.15) is 24.9 Å². The van der Waals surface area contributed by atoms with Crippen molar-refractivity contribution in [1.82, 2.24) is 16.0 Å². The summed E-state index contributed by atoms with van der Waals surface area (Å²) in [6, 6.07) is 7.04. The summed E-state index contributed by atoms with van der Waals surface area (Å²) in [6.45, 7) is 4.04. The Morgan fingerprint density at radius 3 is 2.50 bits per heavy atom. The van der Waals surface area contributed by atoms with Gasteiger partial charge in [0.2, 0.25) is 11.8 Å². The predicted octanol–water partition coefficient (Wildman–Crippen LogP) is 0.598. The van der Waals surface area contributed by atoms with Gasteiger partial charge in [0.15, 0.2) is 0 Å². The average Bonchev–Trinajstić information content (AvgIpc) is 2.44. The lowest BCUT2D eigenvalue weighted by molar-refractivity contribution is -0.123. The molecule has 6 heteroatoms. The largest absolute Gasteiger partial charge is 0.497 e. The first-order valence-corrected chi connectivity index (χ1v) is 7.47. The lowest BCUT2D eigenvalue weighted by Crippen LogP contribution is -2.48. The van der Waals surface area contributed by atoms with E-state index in [9.17, 15) is 9.59 Å². The molecule has 2 amide bonds. The number of benzene rings is 1. The summed E-state index contributed by atoms with van der Waals surface area (Å²) < 4.78 is 5.12. The molecule has 1 aromatic rings. The first kappa shape index (κ1) is 16.3. The molecule has 0 saturated carbocycles. The highest BCUT2D eigenvalue weighted by atomic mass is 16.5. The Morgan fingerprint density at radius 1 is 1.32 bits per heavy atom. The van der Waals surface area contributed by atoms with Crippen molar-refractivity contribution in [2.75, 3.05) is 26.7 Å². The second-order valence-corrected chi connectivity index (χ2v) is 5.56. The van der Waals surface area contributed by atoms with E-state index in [-0.39, 0.29) is 24.3 Å². The molecule has 0 aromatic heterocycles. The quantitative estimate of drug-likeness (QED) is 0.689. The molecular formula is C16H23N3O3. The van der Waals surface area contributed by atoms with E-state index in [1.54, 1.807) is 7.11 Å². The fraction of sp³-hybridized carbons (Fsp3) is 0.500. The Balaban J connectivity index is 1.94. The fourth-order valence-corrected chi connectivity index (χ4v) is 2.34. The number of hydrogen-bond acceptors (Lipinski definition) is 4. The number of nitrogens with one attached hydrogen (secondary N) is 3. The van der Waals surface area contributed by atoms with Crippen LogP contribution in [0.2, 0.25) is 0 Å². The van der Waals surface area contributed by atoms with Gasteiger partial charge in [0, 0.05) is 32.5 Å². The van der Waals surface area contributed by atoms with Crippen molar-refractivity contribution in [3.05, 3.63) is 29.8 Å². The zero-order valence-corrected chi connectivity index (χ0v) is 13.0. The van der Waals surface area contributed by atoms with E-state index in [0.717, 1.165) is 24.4 Å². The molecule has 1 aliphatic rings. The number of hydrogen-bond donors (Lipinski definition) is 3. The second kappa shape index (κ2) is 7.79. The van der Waals surface area contributed by atoms with E-state index >= 15 is 0 Å². The van der Waals surface area contributed by atoms with E-state index in [0.29, 0.717) is 12.5 Å². The maximum atomic E-state index is 12.1. The Bertz CT molecular complexity index is 512. The highest BCUT2D eigenvalue weighted by Crippen LogP contribution is 2.20. The van der Waals surface area contributed by atoms with Crippen molar-refractivity contribution < 1.29 is 14.3 Å². The topological polar surface area (TPSA) is 79.5 Å². The van der Waals surface area contributed by atoms with E-state index in [1.165, 1.54) is 6.92 Å². The van der Waals surface area contributed by atoms with Crippen LogP contribution in [0.3, 0.4) is 0 Å². The van der Waals surface area contributed by atoms with E-state index in [4.69, 9.17) is 4.74 Å². The third-order valence-corrected chi connectivity index (χ3v) is 3.74. The Morgan fingerprint density at radius 2 is 2.00 bits per heavy atom. The summed E-state index contributed by atoms with van der Waals surface area (Å²) in [5.41, 5.74) is 0.886. The van der Waals surface area contributed by atoms with Gasteiger partial charge in [-0.3, -0.25) is 9.59 Å². The Hall–Kier alpha value is -2.08. The minimum atomic E-state index is -0.331. The molecule has 0 radical (unpaired) electrons. The summed E-state index contributed by atoms with van der Waals surface area (Å²) in [5, 5.41) is 8.92. The number of ether oxygens (including phenoxy) is 1. The molecule has 1 aliphatic heterocycles. The highest BCUT2D eigenvalue weighted by Gasteiger charge is 2.20. The van der Waals surface area contributed by atoms with Gasteiger partial charge in [0.25, 0.3) is 0 Å². The van der Waals surface area contributed by atoms with Crippen molar-refractivity contribution in [2.45, 2.75) is 19.4 Å². The van der Waals surface area contributed by atoms with Crippen LogP contribution >= 0.6 is 0 Å². The number of rotatable bonds is 7. The molecule has 0 spiro atoms. The SMILES string of the molecule is COc1ccc(C(CC(=O)NCC2CNC2)NC(C)=O)cc1. The first-order valence-electron chi connectivity index (χ1n) is 7.47. The maximum absolute atomic E-state index is 12.1. The first-order chi connectivity index (χ1) is 10.6. The van der Waals surface area contributed by atoms with Crippen molar-refractivity contribution in [2.24, 2.45) is 5.92 Å². The van der Waals surface area contributed by atoms with Gasteiger partial charge in [0.1, 0.15) is 5.75 Å². The zero-order valence-electron chi connectivity index (χ0n) is 13.0. The molecule has 0 bridgehead atoms. The molecule has 1 unspecified atom stereocenters. The zero-order chi connectivity index (χ0) is 15.9. The molecule has 3 N–H and O–H groups in total. The average molecular weight is 305 g/mol. The third kappa shape index (κ3) is 4.73. The van der Waals surface area contributed by atoms with Gasteiger partial charge in [-0.15, -0.1) is 0 Å². The van der Waals surface area contributed by atoms with Gasteiger partial charge in [-0.2, -0.15) is 0 Å². The fourth-order valence-electron chi connectivity index (χ4n) is 2.34. The lowest BCUT2D eigenvalue weighted by atomic mass is 10.0. The van der Waals surface area contributed by atoms with Crippen molar-refractivity contribution >= 4 is 11.8 Å². The van der Waals surface area contributed by atoms with Crippen LogP contribution in [0, 0.1) is 5.92 Å². The maximum Gasteiger partial charge on any atom is 0.222 e. The Kier molecular flexibility index (Phi) is 5.77. The minimum Gasteiger partial charge on any atom is -0.497 e. The van der Waals surface area contributed by atoms with Gasteiger partial charge >= 0.3 is 0 Å². The second-order valence-electron chi connectivity index (χ2n) is 5.56. The van der Waals surface area contributed by atoms with Crippen LogP contribution in [0.5, 0.6) is 5.75 Å². The molecule has 1 saturated heterocycles. The van der Waals surface area contributed by atoms with E-state index < -0.39 is 0 Å². The smallest absolute Gasteiger partial charge is 0.222 e. The summed E-state index contributed by atoms with van der Waals surface area (Å²) >= 11 is 0. The molecule has 0 aliphatic carbocycles. The number of methoxy groups -OCH3 is 1. The summed E-state index contributed by atoms with van der Waals surface area (Å²) in [6.07, 6.45) is 0.228. The molecule has 1 atom stereocenters. The van der Waals surface area contributed by atoms with Crippen LogP contribution < -0.4 is 20.7 Å². The van der Waals surface area contributed by atoms with Gasteiger partial charge in [-0.05, 0) is 17.7 Å². The van der Waals surface area contributed by atoms with Crippen LogP contribution in [0.15, 0.2) is 24.3 Å². The molecule has 2 rings (SSSR count). The normalized spacial score (nSPS) is 15.5. The van der Waals surface area contributed by atoms with Crippen molar-refractivity contribution in [1.29, 1.82) is 0 Å². The predicted molar refractivity (Wildman–Crippen MR) is 83.5 cm³/mol. The number of carbonyl (C=O) groups is 2. The summed E-state index contributed by atoms with van der Waals surface area (Å²) in [7, 11) is 1.60. The molecular weight excluding hydrogens is 282 g/mol. The summed E-state index contributed by atoms with van der Waals surface area (Å²) in [4.78, 5) is 23.4. The molecule has 1 aromatic carbocycles. The minimum absolute atomic E-state index is 0.0542. The molecule has 6 nitrogen and oxygen atoms in total. The van der Waals surface area contributed by atoms with E-state index in [2.05, 4.69) is 16.0 Å². The monoisotopic (exact) mass is 305 g/mol. The van der Waals surface area contributed by atoms with E-state index in [1.807, 2.05) is 24.3 Å². The van der Waals surface area contributed by atoms with Crippen LogP contribution in [-0.4, -0.2) is 38.6 Å². The lowest BCUT2D eigenvalue weighted by Gasteiger charge is -2.27. The van der Waals surface area contributed by atoms with Gasteiger partial charge in [-0.25, -0.2) is 0 Å². The van der Waals surface area contributed by atoms with Crippen LogP contribution in [-0.2, 0) is 9.59 Å². The highest BCUT2D eigenvalue weighted by molar-refractivity contribution is 5.79. The summed E-state index contributed by atoms with van der Waals surface area (Å²) in [5.74, 6) is 1.05. The van der Waals surface area contributed by atoms with Gasteiger partial charge in [0.05, 0.1) is 19.6 Å². The molecule has 22 heavy (non-hydrogen) atoms. The number of carbonyl (C=O) groups excluding carboxylic acids is 2. The van der Waals surface area contributed by atoms with Crippen LogP contribution in [0.25, 0.3) is 0 Å². The molecule has 1 heterocycles. The van der Waals surface area contributed by atoms with Crippen molar-refractivity contribution in [3.63, 3.8) is 0 Å². The molecule has 120 valence electrons. The standard InChI is InChI=1S/C16H23N3O3/c1-11(20)19-15(13-3-5-14(22-2)6-4-13)7-16(21)18-10-12-8-17-9-12/h3-6,12,15,17H,7-10H2,1-2H3,(H,18,21)(H,19,20). The number of amides is 2. The Labute approximate surface area is 130 Å². The van der Waals surface area contributed by atoms with Crippen LogP contribution in [0.4, 0.5) is 0 Å².